The van der Waals surface area contributed by atoms with Crippen LogP contribution in [-0.4, -0.2) is 57.1 Å². The van der Waals surface area contributed by atoms with Crippen molar-refractivity contribution in [2.75, 3.05) is 38.2 Å². The number of piperazine rings is 1. The Balaban J connectivity index is 1.51. The van der Waals surface area contributed by atoms with Gasteiger partial charge in [0, 0.05) is 36.9 Å². The highest BCUT2D eigenvalue weighted by atomic mass is 35.5. The number of halogens is 1. The zero-order chi connectivity index (χ0) is 25.2. The van der Waals surface area contributed by atoms with Crippen molar-refractivity contribution < 1.29 is 27.2 Å². The molecular formula is C24H26ClN3O6S. The molecule has 2 aromatic carbocycles. The monoisotopic (exact) mass is 519 g/mol. The van der Waals surface area contributed by atoms with Crippen molar-refractivity contribution in [1.29, 1.82) is 0 Å². The maximum Gasteiger partial charge on any atom is 0.338 e. The van der Waals surface area contributed by atoms with Gasteiger partial charge in [0.2, 0.25) is 10.0 Å². The van der Waals surface area contributed by atoms with Crippen LogP contribution in [0.1, 0.15) is 27.4 Å². The lowest BCUT2D eigenvalue weighted by molar-refractivity contribution is 0.0470. The first-order chi connectivity index (χ1) is 16.7. The number of aromatic nitrogens is 1. The Bertz CT molecular complexity index is 1310. The molecule has 1 aliphatic rings. The summed E-state index contributed by atoms with van der Waals surface area (Å²) in [5.74, 6) is 0.0598. The molecule has 35 heavy (non-hydrogen) atoms. The fourth-order valence-electron chi connectivity index (χ4n) is 3.93. The summed E-state index contributed by atoms with van der Waals surface area (Å²) in [5, 5.41) is 4.46. The first kappa shape index (κ1) is 25.0. The molecule has 1 aromatic heterocycles. The Hall–Kier alpha value is -3.08. The molecule has 0 aliphatic carbocycles. The van der Waals surface area contributed by atoms with Gasteiger partial charge in [-0.1, -0.05) is 22.8 Å². The molecule has 11 heteroatoms. The second kappa shape index (κ2) is 10.3. The number of carbonyl (C=O) groups is 1. The van der Waals surface area contributed by atoms with Crippen LogP contribution in [0, 0.1) is 13.8 Å². The van der Waals surface area contributed by atoms with E-state index >= 15 is 0 Å². The van der Waals surface area contributed by atoms with Gasteiger partial charge in [0.15, 0.2) is 0 Å². The molecular weight excluding hydrogens is 494 g/mol. The molecule has 3 aromatic rings. The molecule has 0 unspecified atom stereocenters. The summed E-state index contributed by atoms with van der Waals surface area (Å²) >= 11 is 6.09. The zero-order valence-electron chi connectivity index (χ0n) is 19.7. The number of benzene rings is 2. The average molecular weight is 520 g/mol. The lowest BCUT2D eigenvalue weighted by atomic mass is 10.2. The third-order valence-corrected chi connectivity index (χ3v) is 8.11. The van der Waals surface area contributed by atoms with Crippen LogP contribution in [0.2, 0.25) is 5.02 Å². The van der Waals surface area contributed by atoms with E-state index in [1.54, 1.807) is 19.9 Å². The molecule has 0 atom stereocenters. The van der Waals surface area contributed by atoms with Crippen molar-refractivity contribution in [2.45, 2.75) is 25.3 Å². The minimum absolute atomic E-state index is 0.0282. The van der Waals surface area contributed by atoms with E-state index in [-0.39, 0.29) is 35.9 Å². The molecule has 1 saturated heterocycles. The second-order valence-corrected chi connectivity index (χ2v) is 10.5. The van der Waals surface area contributed by atoms with Crippen molar-refractivity contribution in [3.05, 3.63) is 70.1 Å². The van der Waals surface area contributed by atoms with Crippen molar-refractivity contribution in [2.24, 2.45) is 0 Å². The number of hydrogen-bond acceptors (Lipinski definition) is 8. The smallest absolute Gasteiger partial charge is 0.338 e. The molecule has 0 bridgehead atoms. The number of methoxy groups -OCH3 is 1. The molecule has 0 amide bonds. The molecule has 0 spiro atoms. The molecule has 0 saturated carbocycles. The van der Waals surface area contributed by atoms with Crippen LogP contribution in [-0.2, 0) is 21.4 Å². The van der Waals surface area contributed by atoms with Crippen LogP contribution < -0.4 is 9.64 Å². The predicted molar refractivity (Wildman–Crippen MR) is 131 cm³/mol. The number of aryl methyl sites for hydroxylation is 2. The van der Waals surface area contributed by atoms with E-state index in [4.69, 9.17) is 25.6 Å². The topological polar surface area (TPSA) is 102 Å². The molecule has 9 nitrogen and oxygen atoms in total. The van der Waals surface area contributed by atoms with Crippen LogP contribution in [0.15, 0.2) is 51.9 Å². The SMILES string of the molecule is COc1ccc(C(=O)OCc2c(C)noc2C)cc1S(=O)(=O)N1CCN(c2cccc(Cl)c2)CC1. The predicted octanol–water partition coefficient (Wildman–Crippen LogP) is 3.82. The highest BCUT2D eigenvalue weighted by Crippen LogP contribution is 2.30. The Morgan fingerprint density at radius 2 is 1.86 bits per heavy atom. The zero-order valence-corrected chi connectivity index (χ0v) is 21.2. The van der Waals surface area contributed by atoms with Gasteiger partial charge in [0.05, 0.1) is 23.9 Å². The van der Waals surface area contributed by atoms with Crippen molar-refractivity contribution in [3.63, 3.8) is 0 Å². The van der Waals surface area contributed by atoms with E-state index in [0.717, 1.165) is 5.69 Å². The van der Waals surface area contributed by atoms with Gasteiger partial charge in [-0.15, -0.1) is 0 Å². The third kappa shape index (κ3) is 5.29. The van der Waals surface area contributed by atoms with Crippen LogP contribution in [0.3, 0.4) is 0 Å². The standard InChI is InChI=1S/C24H26ClN3O6S/c1-16-21(17(2)34-26-16)15-33-24(29)18-7-8-22(32-3)23(13-18)35(30,31)28-11-9-27(10-12-28)20-6-4-5-19(25)14-20/h4-8,13-14H,9-12,15H2,1-3H3. The maximum absolute atomic E-state index is 13.5. The Morgan fingerprint density at radius 3 is 2.49 bits per heavy atom. The maximum atomic E-state index is 13.5. The van der Waals surface area contributed by atoms with E-state index in [0.29, 0.717) is 35.1 Å². The van der Waals surface area contributed by atoms with E-state index in [1.165, 1.54) is 29.6 Å². The van der Waals surface area contributed by atoms with Gasteiger partial charge in [0.25, 0.3) is 0 Å². The molecule has 4 rings (SSSR count). The van der Waals surface area contributed by atoms with E-state index in [9.17, 15) is 13.2 Å². The number of hydrogen-bond donors (Lipinski definition) is 0. The normalized spacial score (nSPS) is 14.7. The van der Waals surface area contributed by atoms with Gasteiger partial charge in [-0.05, 0) is 50.2 Å². The number of ether oxygens (including phenoxy) is 2. The minimum atomic E-state index is -3.92. The highest BCUT2D eigenvalue weighted by molar-refractivity contribution is 7.89. The molecule has 186 valence electrons. The quantitative estimate of drug-likeness (QED) is 0.434. The van der Waals surface area contributed by atoms with Gasteiger partial charge < -0.3 is 18.9 Å². The fourth-order valence-corrected chi connectivity index (χ4v) is 5.72. The minimum Gasteiger partial charge on any atom is -0.495 e. The van der Waals surface area contributed by atoms with E-state index < -0.39 is 16.0 Å². The molecule has 1 fully saturated rings. The van der Waals surface area contributed by atoms with Gasteiger partial charge in [-0.3, -0.25) is 0 Å². The van der Waals surface area contributed by atoms with Crippen molar-refractivity contribution in [3.8, 4) is 5.75 Å². The average Bonchev–Trinajstić information content (AvgIpc) is 3.19. The first-order valence-corrected chi connectivity index (χ1v) is 12.8. The molecule has 0 radical (unpaired) electrons. The van der Waals surface area contributed by atoms with Crippen molar-refractivity contribution >= 4 is 33.3 Å². The first-order valence-electron chi connectivity index (χ1n) is 11.0. The summed E-state index contributed by atoms with van der Waals surface area (Å²) in [7, 11) is -2.53. The Morgan fingerprint density at radius 1 is 1.11 bits per heavy atom. The molecule has 0 N–H and O–H groups in total. The number of anilines is 1. The van der Waals surface area contributed by atoms with Gasteiger partial charge in [0.1, 0.15) is 23.0 Å². The number of nitrogens with zero attached hydrogens (tertiary/aromatic N) is 3. The number of esters is 1. The Labute approximate surface area is 209 Å². The summed E-state index contributed by atoms with van der Waals surface area (Å²) < 4.78 is 44.2. The molecule has 1 aliphatic heterocycles. The van der Waals surface area contributed by atoms with Crippen molar-refractivity contribution in [1.82, 2.24) is 9.46 Å². The van der Waals surface area contributed by atoms with Gasteiger partial charge in [-0.25, -0.2) is 13.2 Å². The molecule has 2 heterocycles. The lowest BCUT2D eigenvalue weighted by Gasteiger charge is -2.35. The van der Waals surface area contributed by atoms with E-state index in [1.807, 2.05) is 18.2 Å². The summed E-state index contributed by atoms with van der Waals surface area (Å²) in [5.41, 5.74) is 2.35. The van der Waals surface area contributed by atoms with Crippen LogP contribution in [0.5, 0.6) is 5.75 Å². The van der Waals surface area contributed by atoms with Crippen LogP contribution in [0.25, 0.3) is 0 Å². The highest BCUT2D eigenvalue weighted by Gasteiger charge is 2.32. The summed E-state index contributed by atoms with van der Waals surface area (Å²) in [4.78, 5) is 14.7. The van der Waals surface area contributed by atoms with Gasteiger partial charge >= 0.3 is 5.97 Å². The fraction of sp³-hybridized carbons (Fsp3) is 0.333. The number of rotatable bonds is 7. The van der Waals surface area contributed by atoms with Gasteiger partial charge in [-0.2, -0.15) is 4.31 Å². The second-order valence-electron chi connectivity index (χ2n) is 8.12. The Kier molecular flexibility index (Phi) is 7.34. The summed E-state index contributed by atoms with van der Waals surface area (Å²) in [6.07, 6.45) is 0. The van der Waals surface area contributed by atoms with Crippen LogP contribution in [0.4, 0.5) is 5.69 Å². The summed E-state index contributed by atoms with van der Waals surface area (Å²) in [6, 6.07) is 11.7. The van der Waals surface area contributed by atoms with Crippen LogP contribution >= 0.6 is 11.6 Å². The third-order valence-electron chi connectivity index (χ3n) is 5.96. The lowest BCUT2D eigenvalue weighted by Crippen LogP contribution is -2.48. The number of sulfonamides is 1. The summed E-state index contributed by atoms with van der Waals surface area (Å²) in [6.45, 7) is 5.01. The largest absolute Gasteiger partial charge is 0.495 e. The van der Waals surface area contributed by atoms with E-state index in [2.05, 4.69) is 10.1 Å². The number of carbonyl (C=O) groups excluding carboxylic acids is 1.